The van der Waals surface area contributed by atoms with Gasteiger partial charge < -0.3 is 12.4 Å². The highest BCUT2D eigenvalue weighted by molar-refractivity contribution is 5.96. The highest BCUT2D eigenvalue weighted by Gasteiger charge is 2.34. The third-order valence-corrected chi connectivity index (χ3v) is 6.16. The van der Waals surface area contributed by atoms with Gasteiger partial charge in [-0.25, -0.2) is 9.13 Å². The molecule has 0 amide bonds. The summed E-state index contributed by atoms with van der Waals surface area (Å²) in [5.74, 6) is 0.842. The minimum Gasteiger partial charge on any atom is -1.00 e. The average molecular weight is 465 g/mol. The highest BCUT2D eigenvalue weighted by Crippen LogP contribution is 2.32. The number of imidazole rings is 1. The lowest BCUT2D eigenvalue weighted by Gasteiger charge is -2.18. The molecule has 3 nitrogen and oxygen atoms in total. The number of ketones is 1. The maximum Gasteiger partial charge on any atom is 0.416 e. The number of aryl methyl sites for hydroxylation is 1. The summed E-state index contributed by atoms with van der Waals surface area (Å²) in [5.41, 5.74) is 2.26. The number of rotatable bonds is 3. The Morgan fingerprint density at radius 1 is 0.969 bits per heavy atom. The monoisotopic (exact) mass is 464 g/mol. The molecule has 0 aliphatic carbocycles. The number of nitrogens with zero attached hydrogens (tertiary/aromatic N) is 2. The first kappa shape index (κ1) is 24.3. The fourth-order valence-corrected chi connectivity index (χ4v) is 4.38. The van der Waals surface area contributed by atoms with E-state index in [1.54, 1.807) is 10.6 Å². The molecule has 4 rings (SSSR count). The predicted octanol–water partition coefficient (Wildman–Crippen LogP) is 2.86. The number of alkyl halides is 3. The molecule has 0 saturated heterocycles. The number of fused-ring (bicyclic) bond motifs is 3. The van der Waals surface area contributed by atoms with Crippen LogP contribution >= 0.6 is 0 Å². The van der Waals surface area contributed by atoms with Gasteiger partial charge in [0.15, 0.2) is 17.6 Å². The molecule has 0 unspecified atom stereocenters. The Hall–Kier alpha value is -2.34. The van der Waals surface area contributed by atoms with Crippen molar-refractivity contribution in [2.24, 2.45) is 0 Å². The number of hydrogen-bond donors (Lipinski definition) is 0. The number of Topliss-reactive ketones (excluding diaryl/α,β-unsaturated/α-hetero) is 1. The van der Waals surface area contributed by atoms with Crippen molar-refractivity contribution in [1.29, 1.82) is 0 Å². The van der Waals surface area contributed by atoms with E-state index in [-0.39, 0.29) is 30.2 Å². The van der Waals surface area contributed by atoms with Crippen LogP contribution in [0.1, 0.15) is 67.3 Å². The molecule has 1 aliphatic rings. The summed E-state index contributed by atoms with van der Waals surface area (Å²) in [6.45, 7) is 7.13. The van der Waals surface area contributed by atoms with Gasteiger partial charge in [-0.1, -0.05) is 45.0 Å². The highest BCUT2D eigenvalue weighted by atomic mass is 35.5. The van der Waals surface area contributed by atoms with Gasteiger partial charge >= 0.3 is 6.18 Å². The summed E-state index contributed by atoms with van der Waals surface area (Å²) in [6, 6.07) is 11.4. The van der Waals surface area contributed by atoms with Crippen molar-refractivity contribution in [3.8, 4) is 0 Å². The zero-order valence-corrected chi connectivity index (χ0v) is 19.4. The number of carbonyl (C=O) groups is 1. The van der Waals surface area contributed by atoms with E-state index >= 15 is 0 Å². The molecule has 0 saturated carbocycles. The number of benzene rings is 2. The van der Waals surface area contributed by atoms with Gasteiger partial charge in [0.25, 0.3) is 5.82 Å². The second-order valence-electron chi connectivity index (χ2n) is 9.42. The van der Waals surface area contributed by atoms with Gasteiger partial charge in [0.2, 0.25) is 5.78 Å². The number of aromatic nitrogens is 2. The van der Waals surface area contributed by atoms with Gasteiger partial charge in [0.1, 0.15) is 0 Å². The van der Waals surface area contributed by atoms with Crippen LogP contribution < -0.4 is 17.0 Å². The SMILES string of the molecule is CC(C)(C)c1ccc(C(=O)Cn2c3[n+](c4ccc(C(F)(F)F)cc42)CCCCC3)cc1.[Cl-]. The average Bonchev–Trinajstić information content (AvgIpc) is 2.84. The van der Waals surface area contributed by atoms with Crippen LogP contribution in [0.4, 0.5) is 13.2 Å². The van der Waals surface area contributed by atoms with Gasteiger partial charge in [0.05, 0.1) is 12.1 Å². The van der Waals surface area contributed by atoms with Gasteiger partial charge in [-0.05, 0) is 42.4 Å². The molecule has 2 aromatic carbocycles. The van der Waals surface area contributed by atoms with Crippen LogP contribution in [0.5, 0.6) is 0 Å². The first-order valence-corrected chi connectivity index (χ1v) is 10.8. The van der Waals surface area contributed by atoms with Crippen LogP contribution in [0.25, 0.3) is 11.0 Å². The third-order valence-electron chi connectivity index (χ3n) is 6.16. The van der Waals surface area contributed by atoms with Crippen molar-refractivity contribution < 1.29 is 34.9 Å². The summed E-state index contributed by atoms with van der Waals surface area (Å²) in [5, 5.41) is 0. The summed E-state index contributed by atoms with van der Waals surface area (Å²) in [4.78, 5) is 13.1. The number of hydrogen-bond acceptors (Lipinski definition) is 1. The number of halogens is 4. The van der Waals surface area contributed by atoms with E-state index in [1.807, 2.05) is 24.3 Å². The van der Waals surface area contributed by atoms with Crippen LogP contribution in [-0.4, -0.2) is 10.4 Å². The molecule has 0 fully saturated rings. The minimum atomic E-state index is -4.42. The van der Waals surface area contributed by atoms with Gasteiger partial charge in [-0.3, -0.25) is 4.79 Å². The van der Waals surface area contributed by atoms with Gasteiger partial charge in [0, 0.05) is 18.1 Å². The molecule has 0 radical (unpaired) electrons. The van der Waals surface area contributed by atoms with E-state index in [1.165, 1.54) is 6.07 Å². The molecule has 2 heterocycles. The molecule has 1 aromatic heterocycles. The van der Waals surface area contributed by atoms with Crippen LogP contribution in [-0.2, 0) is 31.1 Å². The smallest absolute Gasteiger partial charge is 0.416 e. The van der Waals surface area contributed by atoms with Crippen LogP contribution in [0.15, 0.2) is 42.5 Å². The van der Waals surface area contributed by atoms with E-state index in [4.69, 9.17) is 0 Å². The molecule has 7 heteroatoms. The van der Waals surface area contributed by atoms with Crippen LogP contribution in [0.3, 0.4) is 0 Å². The summed E-state index contributed by atoms with van der Waals surface area (Å²) >= 11 is 0. The molecule has 0 atom stereocenters. The van der Waals surface area contributed by atoms with Crippen LogP contribution in [0.2, 0.25) is 0 Å². The van der Waals surface area contributed by atoms with Crippen molar-refractivity contribution in [3.63, 3.8) is 0 Å². The Labute approximate surface area is 192 Å². The zero-order valence-electron chi connectivity index (χ0n) is 18.6. The summed E-state index contributed by atoms with van der Waals surface area (Å²) < 4.78 is 44.0. The Morgan fingerprint density at radius 3 is 2.25 bits per heavy atom. The summed E-state index contributed by atoms with van der Waals surface area (Å²) in [6.07, 6.45) is -0.632. The van der Waals surface area contributed by atoms with Crippen molar-refractivity contribution in [2.45, 2.75) is 71.1 Å². The van der Waals surface area contributed by atoms with Crippen LogP contribution in [0, 0.1) is 0 Å². The maximum atomic E-state index is 13.4. The normalized spacial score (nSPS) is 14.6. The molecule has 3 aromatic rings. The quantitative estimate of drug-likeness (QED) is 0.432. The lowest BCUT2D eigenvalue weighted by Crippen LogP contribution is -3.00. The van der Waals surface area contributed by atoms with E-state index in [0.29, 0.717) is 11.1 Å². The molecule has 32 heavy (non-hydrogen) atoms. The molecule has 1 aliphatic heterocycles. The van der Waals surface area contributed by atoms with Crippen molar-refractivity contribution >= 4 is 16.8 Å². The first-order chi connectivity index (χ1) is 14.6. The number of carbonyl (C=O) groups excluding carboxylic acids is 1. The predicted molar refractivity (Wildman–Crippen MR) is 114 cm³/mol. The Bertz CT molecular complexity index is 1130. The lowest BCUT2D eigenvalue weighted by molar-refractivity contribution is -0.678. The zero-order chi connectivity index (χ0) is 22.4. The van der Waals surface area contributed by atoms with E-state index < -0.39 is 11.7 Å². The first-order valence-electron chi connectivity index (χ1n) is 10.8. The fraction of sp³-hybridized carbons (Fsp3) is 0.440. The standard InChI is InChI=1S/C25H28F3N2O.ClH/c1-24(2,3)18-10-8-17(9-11-18)22(31)16-30-21-15-19(25(26,27)28)12-13-20(21)29-14-6-4-5-7-23(29)30;/h8-13,15H,4-7,14,16H2,1-3H3;1H/q+1;/p-1. The fourth-order valence-electron chi connectivity index (χ4n) is 4.38. The summed E-state index contributed by atoms with van der Waals surface area (Å²) in [7, 11) is 0. The van der Waals surface area contributed by atoms with E-state index in [0.717, 1.165) is 55.2 Å². The molecule has 0 N–H and O–H groups in total. The molecule has 172 valence electrons. The largest absolute Gasteiger partial charge is 1.00 e. The molecule has 0 bridgehead atoms. The molecular weight excluding hydrogens is 437 g/mol. The van der Waals surface area contributed by atoms with Crippen molar-refractivity contribution in [3.05, 3.63) is 65.0 Å². The van der Waals surface area contributed by atoms with Crippen molar-refractivity contribution in [1.82, 2.24) is 4.57 Å². The van der Waals surface area contributed by atoms with Crippen molar-refractivity contribution in [2.75, 3.05) is 0 Å². The Morgan fingerprint density at radius 2 is 1.62 bits per heavy atom. The van der Waals surface area contributed by atoms with E-state index in [9.17, 15) is 18.0 Å². The topological polar surface area (TPSA) is 25.9 Å². The Balaban J connectivity index is 0.00000289. The van der Waals surface area contributed by atoms with E-state index in [2.05, 4.69) is 25.3 Å². The second-order valence-corrected chi connectivity index (χ2v) is 9.42. The third kappa shape index (κ3) is 4.70. The lowest BCUT2D eigenvalue weighted by atomic mass is 9.86. The molecule has 0 spiro atoms. The van der Waals surface area contributed by atoms with Gasteiger partial charge in [-0.2, -0.15) is 13.2 Å². The van der Waals surface area contributed by atoms with Gasteiger partial charge in [-0.15, -0.1) is 0 Å². The Kier molecular flexibility index (Phi) is 6.75. The second kappa shape index (κ2) is 8.89. The maximum absolute atomic E-state index is 13.4. The molecular formula is C25H28ClF3N2O. The minimum absolute atomic E-state index is 0.